The number of carbonyl (C=O) groups excluding carboxylic acids is 1. The SMILES string of the molecule is COC(COP(=O)(Oc1ccccc1)Oc1ccccc1)(C(=O)On1ccccc1=S)C(C)(C)C. The van der Waals surface area contributed by atoms with Gasteiger partial charge in [0.25, 0.3) is 0 Å². The molecule has 0 spiro atoms. The minimum atomic E-state index is -4.29. The number of methoxy groups -OCH3 is 1. The zero-order chi connectivity index (χ0) is 25.5. The molecule has 0 aliphatic rings. The number of para-hydroxylation sites is 2. The van der Waals surface area contributed by atoms with Gasteiger partial charge in [0.05, 0.1) is 0 Å². The van der Waals surface area contributed by atoms with Crippen LogP contribution in [0.1, 0.15) is 20.8 Å². The third kappa shape index (κ3) is 6.58. The van der Waals surface area contributed by atoms with Gasteiger partial charge in [0.1, 0.15) is 22.7 Å². The first-order valence-electron chi connectivity index (χ1n) is 10.8. The molecule has 3 rings (SSSR count). The molecule has 0 fully saturated rings. The van der Waals surface area contributed by atoms with Gasteiger partial charge >= 0.3 is 13.8 Å². The third-order valence-corrected chi connectivity index (χ3v) is 6.84. The lowest BCUT2D eigenvalue weighted by molar-refractivity contribution is -0.191. The van der Waals surface area contributed by atoms with E-state index >= 15 is 0 Å². The van der Waals surface area contributed by atoms with Gasteiger partial charge in [0.2, 0.25) is 0 Å². The highest BCUT2D eigenvalue weighted by atomic mass is 32.1. The molecule has 1 unspecified atom stereocenters. The van der Waals surface area contributed by atoms with Crippen molar-refractivity contribution in [1.82, 2.24) is 4.73 Å². The second kappa shape index (κ2) is 11.2. The van der Waals surface area contributed by atoms with E-state index in [0.717, 1.165) is 4.73 Å². The summed E-state index contributed by atoms with van der Waals surface area (Å²) >= 11 is 5.22. The van der Waals surface area contributed by atoms with Gasteiger partial charge in [-0.15, -0.1) is 0 Å². The number of carbonyl (C=O) groups is 1. The van der Waals surface area contributed by atoms with E-state index in [1.807, 2.05) is 0 Å². The van der Waals surface area contributed by atoms with Crippen LogP contribution in [0, 0.1) is 10.1 Å². The van der Waals surface area contributed by atoms with Gasteiger partial charge in [-0.3, -0.25) is 4.52 Å². The van der Waals surface area contributed by atoms with Crippen molar-refractivity contribution in [3.05, 3.63) is 89.7 Å². The van der Waals surface area contributed by atoms with Crippen molar-refractivity contribution in [2.75, 3.05) is 13.7 Å². The van der Waals surface area contributed by atoms with E-state index in [1.54, 1.807) is 99.6 Å². The lowest BCUT2D eigenvalue weighted by Gasteiger charge is -2.40. The summed E-state index contributed by atoms with van der Waals surface area (Å²) < 4.78 is 38.0. The summed E-state index contributed by atoms with van der Waals surface area (Å²) in [4.78, 5) is 19.0. The number of phosphoric acid groups is 1. The van der Waals surface area contributed by atoms with Gasteiger partial charge in [-0.2, -0.15) is 4.73 Å². The molecule has 0 N–H and O–H groups in total. The van der Waals surface area contributed by atoms with Gasteiger partial charge in [0, 0.05) is 18.7 Å². The predicted octanol–water partition coefficient (Wildman–Crippen LogP) is 5.89. The molecular formula is C25H28NO7PS. The van der Waals surface area contributed by atoms with Crippen LogP contribution in [0.4, 0.5) is 0 Å². The first-order chi connectivity index (χ1) is 16.6. The van der Waals surface area contributed by atoms with Crippen molar-refractivity contribution in [3.8, 4) is 11.5 Å². The summed E-state index contributed by atoms with van der Waals surface area (Å²) in [6, 6.07) is 21.9. The molecule has 186 valence electrons. The molecule has 0 saturated carbocycles. The summed E-state index contributed by atoms with van der Waals surface area (Å²) in [6.07, 6.45) is 1.51. The highest BCUT2D eigenvalue weighted by Gasteiger charge is 2.54. The maximum absolute atomic E-state index is 13.8. The van der Waals surface area contributed by atoms with Crippen LogP contribution < -0.4 is 13.9 Å². The maximum atomic E-state index is 13.8. The molecule has 0 aliphatic heterocycles. The van der Waals surface area contributed by atoms with Crippen LogP contribution in [-0.4, -0.2) is 30.0 Å². The smallest absolute Gasteiger partial charge is 0.395 e. The normalized spacial score (nSPS) is 13.5. The molecule has 0 amide bonds. The molecule has 0 bridgehead atoms. The maximum Gasteiger partial charge on any atom is 0.587 e. The highest BCUT2D eigenvalue weighted by Crippen LogP contribution is 2.51. The monoisotopic (exact) mass is 517 g/mol. The van der Waals surface area contributed by atoms with Crippen molar-refractivity contribution in [1.29, 1.82) is 0 Å². The Kier molecular flexibility index (Phi) is 8.51. The summed E-state index contributed by atoms with van der Waals surface area (Å²) in [5, 5.41) is 0. The minimum Gasteiger partial charge on any atom is -0.395 e. The number of ether oxygens (including phenoxy) is 1. The van der Waals surface area contributed by atoms with E-state index in [9.17, 15) is 9.36 Å². The van der Waals surface area contributed by atoms with Crippen molar-refractivity contribution in [3.63, 3.8) is 0 Å². The third-order valence-electron chi connectivity index (χ3n) is 5.21. The summed E-state index contributed by atoms with van der Waals surface area (Å²) in [6.45, 7) is 4.81. The Labute approximate surface area is 209 Å². The lowest BCUT2D eigenvalue weighted by Crippen LogP contribution is -2.58. The van der Waals surface area contributed by atoms with E-state index in [-0.39, 0.29) is 16.1 Å². The Bertz CT molecular complexity index is 1180. The van der Waals surface area contributed by atoms with E-state index in [4.69, 9.17) is 35.4 Å². The molecule has 35 heavy (non-hydrogen) atoms. The molecule has 0 aliphatic carbocycles. The van der Waals surface area contributed by atoms with Gasteiger partial charge in [-0.25, -0.2) is 9.36 Å². The average Bonchev–Trinajstić information content (AvgIpc) is 2.81. The molecule has 8 nitrogen and oxygen atoms in total. The predicted molar refractivity (Wildman–Crippen MR) is 134 cm³/mol. The molecule has 10 heteroatoms. The van der Waals surface area contributed by atoms with Crippen LogP contribution in [0.2, 0.25) is 0 Å². The number of hydrogen-bond donors (Lipinski definition) is 0. The fourth-order valence-corrected chi connectivity index (χ4v) is 4.56. The first-order valence-corrected chi connectivity index (χ1v) is 12.6. The quantitative estimate of drug-likeness (QED) is 0.243. The first kappa shape index (κ1) is 26.6. The number of phosphoric ester groups is 1. The second-order valence-corrected chi connectivity index (χ2v) is 10.5. The standard InChI is InChI=1S/C25H28NO7PS/c1-24(2,3)25(29-4,23(27)31-26-18-12-11-17-22(26)35)19-30-34(28,32-20-13-7-5-8-14-20)33-21-15-9-6-10-16-21/h5-18H,19H2,1-4H3. The minimum absolute atomic E-state index is 0.267. The molecule has 1 aromatic heterocycles. The summed E-state index contributed by atoms with van der Waals surface area (Å²) in [5.41, 5.74) is -2.56. The second-order valence-electron chi connectivity index (χ2n) is 8.55. The molecular weight excluding hydrogens is 489 g/mol. The van der Waals surface area contributed by atoms with Gasteiger partial charge in [-0.05, 0) is 36.4 Å². The molecule has 0 saturated heterocycles. The molecule has 1 atom stereocenters. The van der Waals surface area contributed by atoms with E-state index in [0.29, 0.717) is 0 Å². The van der Waals surface area contributed by atoms with E-state index in [1.165, 1.54) is 13.3 Å². The van der Waals surface area contributed by atoms with Gasteiger partial charge in [0.15, 0.2) is 5.60 Å². The number of nitrogens with zero attached hydrogens (tertiary/aromatic N) is 1. The Morgan fingerprint density at radius 3 is 1.86 bits per heavy atom. The number of rotatable bonds is 10. The molecule has 0 radical (unpaired) electrons. The Hall–Kier alpha value is -2.97. The number of pyridine rings is 1. The molecule has 1 heterocycles. The summed E-state index contributed by atoms with van der Waals surface area (Å²) in [5.74, 6) is -0.256. The Morgan fingerprint density at radius 2 is 1.40 bits per heavy atom. The summed E-state index contributed by atoms with van der Waals surface area (Å²) in [7, 11) is -2.94. The number of hydrogen-bond acceptors (Lipinski definition) is 8. The Morgan fingerprint density at radius 1 is 0.886 bits per heavy atom. The highest BCUT2D eigenvalue weighted by molar-refractivity contribution is 7.71. The van der Waals surface area contributed by atoms with Crippen molar-refractivity contribution >= 4 is 26.0 Å². The van der Waals surface area contributed by atoms with Crippen LogP contribution >= 0.6 is 20.0 Å². The fraction of sp³-hybridized carbons (Fsp3) is 0.280. The molecule has 2 aromatic carbocycles. The van der Waals surface area contributed by atoms with Gasteiger partial charge < -0.3 is 18.6 Å². The number of aromatic nitrogens is 1. The topological polar surface area (TPSA) is 85.2 Å². The van der Waals surface area contributed by atoms with Crippen LogP contribution in [0.3, 0.4) is 0 Å². The van der Waals surface area contributed by atoms with Crippen LogP contribution in [-0.2, 0) is 18.6 Å². The largest absolute Gasteiger partial charge is 0.587 e. The van der Waals surface area contributed by atoms with Crippen molar-refractivity contribution < 1.29 is 32.5 Å². The lowest BCUT2D eigenvalue weighted by atomic mass is 9.76. The van der Waals surface area contributed by atoms with Crippen molar-refractivity contribution in [2.24, 2.45) is 5.41 Å². The van der Waals surface area contributed by atoms with Crippen LogP contribution in [0.15, 0.2) is 85.1 Å². The van der Waals surface area contributed by atoms with Gasteiger partial charge in [-0.1, -0.05) is 75.5 Å². The zero-order valence-corrected chi connectivity index (χ0v) is 21.7. The zero-order valence-electron chi connectivity index (χ0n) is 20.0. The fourth-order valence-electron chi connectivity index (χ4n) is 3.14. The van der Waals surface area contributed by atoms with Crippen LogP contribution in [0.5, 0.6) is 11.5 Å². The van der Waals surface area contributed by atoms with E-state index in [2.05, 4.69) is 0 Å². The number of benzene rings is 2. The molecule has 3 aromatic rings. The van der Waals surface area contributed by atoms with Crippen molar-refractivity contribution in [2.45, 2.75) is 26.4 Å². The average molecular weight is 518 g/mol. The van der Waals surface area contributed by atoms with Crippen LogP contribution in [0.25, 0.3) is 0 Å². The Balaban J connectivity index is 1.93. The van der Waals surface area contributed by atoms with E-state index < -0.39 is 31.4 Å².